The molecule has 0 aromatic heterocycles. The van der Waals surface area contributed by atoms with Gasteiger partial charge in [-0.3, -0.25) is 4.79 Å². The Morgan fingerprint density at radius 1 is 1.43 bits per heavy atom. The smallest absolute Gasteiger partial charge is 0.303 e. The fraction of sp³-hybridized carbons (Fsp3) is 0.900. The molecule has 0 heterocycles. The number of carboxylic acid groups (broad SMARTS) is 1. The van der Waals surface area contributed by atoms with E-state index in [1.807, 2.05) is 0 Å². The summed E-state index contributed by atoms with van der Waals surface area (Å²) in [5.41, 5.74) is -0.0700. The molecule has 3 nitrogen and oxygen atoms in total. The van der Waals surface area contributed by atoms with Gasteiger partial charge < -0.3 is 5.11 Å². The van der Waals surface area contributed by atoms with Gasteiger partial charge in [0.25, 0.3) is 0 Å². The van der Waals surface area contributed by atoms with Gasteiger partial charge in [0.1, 0.15) is 0 Å². The summed E-state index contributed by atoms with van der Waals surface area (Å²) in [7, 11) is 0. The Kier molecular flexibility index (Phi) is 2.71. The van der Waals surface area contributed by atoms with E-state index < -0.39 is 5.97 Å². The Morgan fingerprint density at radius 2 is 2.00 bits per heavy atom. The Balaban J connectivity index is 2.03. The number of hydrogen-bond donors (Lipinski definition) is 2. The van der Waals surface area contributed by atoms with Crippen LogP contribution in [0.2, 0.25) is 0 Å². The highest BCUT2D eigenvalue weighted by molar-refractivity contribution is 6.13. The van der Waals surface area contributed by atoms with Crippen LogP contribution in [-0.2, 0) is 4.79 Å². The molecule has 0 spiro atoms. The van der Waals surface area contributed by atoms with Gasteiger partial charge in [0.2, 0.25) is 0 Å². The van der Waals surface area contributed by atoms with Crippen LogP contribution in [0.1, 0.15) is 32.1 Å². The number of carboxylic acids is 1. The molecule has 80 valence electrons. The lowest BCUT2D eigenvalue weighted by atomic mass is 9.77. The number of halogens is 1. The molecule has 2 aliphatic carbocycles. The van der Waals surface area contributed by atoms with Crippen LogP contribution in [0.4, 0.5) is 0 Å². The highest BCUT2D eigenvalue weighted by Gasteiger charge is 2.49. The minimum absolute atomic E-state index is 0.0700. The SMILES string of the molecule is O=C(O)CC1(CNCl)C[C@@H]2CC[C@H]2C1. The van der Waals surface area contributed by atoms with E-state index in [0.29, 0.717) is 6.54 Å². The Hall–Kier alpha value is -0.280. The minimum Gasteiger partial charge on any atom is -0.481 e. The first kappa shape index (κ1) is 10.2. The molecule has 2 fully saturated rings. The normalized spacial score (nSPS) is 33.5. The third-order valence-corrected chi connectivity index (χ3v) is 4.07. The first-order chi connectivity index (χ1) is 6.65. The quantitative estimate of drug-likeness (QED) is 0.709. The van der Waals surface area contributed by atoms with Gasteiger partial charge in [0.05, 0.1) is 6.42 Å². The molecule has 2 saturated carbocycles. The van der Waals surface area contributed by atoms with Crippen molar-refractivity contribution in [3.8, 4) is 0 Å². The van der Waals surface area contributed by atoms with Crippen molar-refractivity contribution in [3.63, 3.8) is 0 Å². The summed E-state index contributed by atoms with van der Waals surface area (Å²) >= 11 is 5.53. The van der Waals surface area contributed by atoms with Gasteiger partial charge in [-0.05, 0) is 54.7 Å². The van der Waals surface area contributed by atoms with E-state index in [2.05, 4.69) is 4.84 Å². The van der Waals surface area contributed by atoms with Crippen molar-refractivity contribution in [2.24, 2.45) is 17.3 Å². The third kappa shape index (κ3) is 1.75. The van der Waals surface area contributed by atoms with Crippen LogP contribution in [0.5, 0.6) is 0 Å². The number of hydrogen-bond acceptors (Lipinski definition) is 2. The van der Waals surface area contributed by atoms with E-state index in [0.717, 1.165) is 24.7 Å². The van der Waals surface area contributed by atoms with Crippen LogP contribution in [0.15, 0.2) is 0 Å². The van der Waals surface area contributed by atoms with Crippen molar-refractivity contribution >= 4 is 17.7 Å². The molecule has 2 atom stereocenters. The maximum Gasteiger partial charge on any atom is 0.303 e. The summed E-state index contributed by atoms with van der Waals surface area (Å²) in [6, 6.07) is 0. The molecule has 2 N–H and O–H groups in total. The number of fused-ring (bicyclic) bond motifs is 1. The van der Waals surface area contributed by atoms with Crippen molar-refractivity contribution in [2.45, 2.75) is 32.1 Å². The fourth-order valence-electron chi connectivity index (χ4n) is 3.18. The molecule has 0 aromatic rings. The minimum atomic E-state index is -0.696. The van der Waals surface area contributed by atoms with Crippen LogP contribution in [0.25, 0.3) is 0 Å². The molecular weight excluding hydrogens is 202 g/mol. The van der Waals surface area contributed by atoms with Gasteiger partial charge in [-0.25, -0.2) is 4.84 Å². The molecule has 0 aromatic carbocycles. The molecule has 0 amide bonds. The zero-order valence-electron chi connectivity index (χ0n) is 8.13. The van der Waals surface area contributed by atoms with E-state index in [4.69, 9.17) is 16.9 Å². The first-order valence-electron chi connectivity index (χ1n) is 5.20. The van der Waals surface area contributed by atoms with Crippen LogP contribution in [0.3, 0.4) is 0 Å². The zero-order valence-corrected chi connectivity index (χ0v) is 8.89. The number of rotatable bonds is 4. The van der Waals surface area contributed by atoms with Crippen LogP contribution in [0, 0.1) is 17.3 Å². The second-order valence-corrected chi connectivity index (χ2v) is 5.15. The number of nitrogens with one attached hydrogen (secondary N) is 1. The van der Waals surface area contributed by atoms with Gasteiger partial charge in [-0.15, -0.1) is 0 Å². The molecular formula is C10H16ClNO2. The highest BCUT2D eigenvalue weighted by Crippen LogP contribution is 2.56. The van der Waals surface area contributed by atoms with Crippen molar-refractivity contribution < 1.29 is 9.90 Å². The van der Waals surface area contributed by atoms with Gasteiger partial charge in [-0.1, -0.05) is 0 Å². The molecule has 4 heteroatoms. The maximum atomic E-state index is 10.8. The second kappa shape index (κ2) is 3.70. The Bertz CT molecular complexity index is 232. The molecule has 0 unspecified atom stereocenters. The molecule has 0 aliphatic heterocycles. The predicted octanol–water partition coefficient (Wildman–Crippen LogP) is 2.01. The van der Waals surface area contributed by atoms with Crippen LogP contribution in [-0.4, -0.2) is 17.6 Å². The summed E-state index contributed by atoms with van der Waals surface area (Å²) in [5, 5.41) is 8.89. The number of aliphatic carboxylic acids is 1. The molecule has 2 rings (SSSR count). The predicted molar refractivity (Wildman–Crippen MR) is 54.0 cm³/mol. The fourth-order valence-corrected chi connectivity index (χ4v) is 3.47. The lowest BCUT2D eigenvalue weighted by Gasteiger charge is -2.29. The highest BCUT2D eigenvalue weighted by atomic mass is 35.5. The summed E-state index contributed by atoms with van der Waals surface area (Å²) in [6.45, 7) is 0.633. The summed E-state index contributed by atoms with van der Waals surface area (Å²) < 4.78 is 0. The third-order valence-electron chi connectivity index (χ3n) is 3.93. The van der Waals surface area contributed by atoms with Crippen LogP contribution < -0.4 is 4.84 Å². The molecule has 0 radical (unpaired) electrons. The monoisotopic (exact) mass is 217 g/mol. The zero-order chi connectivity index (χ0) is 10.2. The van der Waals surface area contributed by atoms with E-state index in [1.165, 1.54) is 12.8 Å². The lowest BCUT2D eigenvalue weighted by Crippen LogP contribution is -2.30. The summed E-state index contributed by atoms with van der Waals surface area (Å²) in [5.74, 6) is 0.858. The number of carbonyl (C=O) groups is 1. The van der Waals surface area contributed by atoms with Crippen molar-refractivity contribution in [2.75, 3.05) is 6.54 Å². The standard InChI is InChI=1S/C10H16ClNO2/c11-12-6-10(5-9(13)14)3-7-1-2-8(7)4-10/h7-8,12H,1-6H2,(H,13,14)/t7-,8-/m0/s1. The molecule has 0 saturated heterocycles. The topological polar surface area (TPSA) is 49.3 Å². The Morgan fingerprint density at radius 3 is 2.36 bits per heavy atom. The first-order valence-corrected chi connectivity index (χ1v) is 5.58. The molecule has 2 aliphatic rings. The molecule has 14 heavy (non-hydrogen) atoms. The average Bonchev–Trinajstić information content (AvgIpc) is 2.29. The van der Waals surface area contributed by atoms with E-state index in [-0.39, 0.29) is 11.8 Å². The Labute approximate surface area is 88.9 Å². The second-order valence-electron chi connectivity index (χ2n) is 4.89. The van der Waals surface area contributed by atoms with E-state index >= 15 is 0 Å². The van der Waals surface area contributed by atoms with Gasteiger partial charge in [0, 0.05) is 6.54 Å². The lowest BCUT2D eigenvalue weighted by molar-refractivity contribution is -0.139. The van der Waals surface area contributed by atoms with Gasteiger partial charge in [0.15, 0.2) is 0 Å². The van der Waals surface area contributed by atoms with E-state index in [9.17, 15) is 4.79 Å². The summed E-state index contributed by atoms with van der Waals surface area (Å²) in [4.78, 5) is 13.4. The van der Waals surface area contributed by atoms with Crippen molar-refractivity contribution in [3.05, 3.63) is 0 Å². The average molecular weight is 218 g/mol. The molecule has 0 bridgehead atoms. The largest absolute Gasteiger partial charge is 0.481 e. The van der Waals surface area contributed by atoms with Crippen molar-refractivity contribution in [1.82, 2.24) is 4.84 Å². The van der Waals surface area contributed by atoms with Crippen LogP contribution >= 0.6 is 11.8 Å². The van der Waals surface area contributed by atoms with Gasteiger partial charge in [-0.2, -0.15) is 0 Å². The van der Waals surface area contributed by atoms with Crippen molar-refractivity contribution in [1.29, 1.82) is 0 Å². The van der Waals surface area contributed by atoms with Gasteiger partial charge >= 0.3 is 5.97 Å². The van der Waals surface area contributed by atoms with E-state index in [1.54, 1.807) is 0 Å². The maximum absolute atomic E-state index is 10.8. The summed E-state index contributed by atoms with van der Waals surface area (Å²) in [6.07, 6.45) is 4.93.